The maximum absolute atomic E-state index is 13.6. The molecule has 3 unspecified atom stereocenters. The fourth-order valence-electron chi connectivity index (χ4n) is 9.91. The van der Waals surface area contributed by atoms with Crippen LogP contribution in [0.25, 0.3) is 0 Å². The predicted octanol–water partition coefficient (Wildman–Crippen LogP) is 20.7. The lowest BCUT2D eigenvalue weighted by Gasteiger charge is -2.27. The lowest BCUT2D eigenvalue weighted by molar-refractivity contribution is -0.870. The Balaban J connectivity index is 5.07. The third-order valence-electron chi connectivity index (χ3n) is 15.1. The van der Waals surface area contributed by atoms with Crippen molar-refractivity contribution in [1.82, 2.24) is 5.32 Å². The van der Waals surface area contributed by atoms with Gasteiger partial charge in [0.25, 0.3) is 0 Å². The summed E-state index contributed by atoms with van der Waals surface area (Å²) in [6, 6.07) is -0.844. The van der Waals surface area contributed by atoms with Gasteiger partial charge < -0.3 is 19.4 Å². The third kappa shape index (κ3) is 58.7. The fraction of sp³-hybridized carbons (Fsp3) is 0.881. The molecule has 0 heterocycles. The van der Waals surface area contributed by atoms with Crippen molar-refractivity contribution in [1.29, 1.82) is 0 Å². The van der Waals surface area contributed by atoms with E-state index in [-0.39, 0.29) is 25.1 Å². The molecule has 0 spiro atoms. The summed E-state index contributed by atoms with van der Waals surface area (Å²) in [7, 11) is 1.51. The van der Waals surface area contributed by atoms with Gasteiger partial charge in [0.15, 0.2) is 0 Å². The van der Waals surface area contributed by atoms with Crippen LogP contribution in [-0.4, -0.2) is 74.3 Å². The van der Waals surface area contributed by atoms with Gasteiger partial charge in [-0.1, -0.05) is 289 Å². The minimum atomic E-state index is -4.44. The van der Waals surface area contributed by atoms with Crippen LogP contribution in [0.15, 0.2) is 36.5 Å². The van der Waals surface area contributed by atoms with E-state index in [1.165, 1.54) is 231 Å². The van der Waals surface area contributed by atoms with E-state index in [1.807, 2.05) is 33.3 Å². The Hall–Kier alpha value is -1.77. The number of hydrogen-bond acceptors (Lipinski definition) is 6. The molecule has 0 aliphatic carbocycles. The first-order valence-electron chi connectivity index (χ1n) is 33.3. The van der Waals surface area contributed by atoms with E-state index in [1.54, 1.807) is 0 Å². The maximum atomic E-state index is 13.6. The lowest BCUT2D eigenvalue weighted by atomic mass is 10.0. The number of nitrogens with one attached hydrogen (secondary N) is 1. The van der Waals surface area contributed by atoms with Gasteiger partial charge in [0.2, 0.25) is 5.91 Å². The normalized spacial score (nSPS) is 13.8. The second-order valence-corrected chi connectivity index (χ2v) is 25.5. The first-order chi connectivity index (χ1) is 37.4. The van der Waals surface area contributed by atoms with Gasteiger partial charge in [-0.3, -0.25) is 18.6 Å². The molecule has 2 N–H and O–H groups in total. The highest BCUT2D eigenvalue weighted by molar-refractivity contribution is 7.47. The van der Waals surface area contributed by atoms with Crippen molar-refractivity contribution in [2.75, 3.05) is 40.9 Å². The molecule has 0 aromatic carbocycles. The Morgan fingerprint density at radius 1 is 0.455 bits per heavy atom. The van der Waals surface area contributed by atoms with E-state index in [2.05, 4.69) is 50.4 Å². The molecule has 0 saturated heterocycles. The minimum absolute atomic E-state index is 0.0431. The van der Waals surface area contributed by atoms with Gasteiger partial charge in [-0.05, 0) is 63.9 Å². The minimum Gasteiger partial charge on any atom is -0.456 e. The van der Waals surface area contributed by atoms with Gasteiger partial charge in [-0.15, -0.1) is 0 Å². The fourth-order valence-corrected chi connectivity index (χ4v) is 10.7. The molecule has 0 aliphatic heterocycles. The largest absolute Gasteiger partial charge is 0.472 e. The summed E-state index contributed by atoms with van der Waals surface area (Å²) in [6.07, 6.45) is 70.0. The average Bonchev–Trinajstić information content (AvgIpc) is 3.39. The van der Waals surface area contributed by atoms with Gasteiger partial charge in [-0.25, -0.2) is 4.57 Å². The van der Waals surface area contributed by atoms with Crippen molar-refractivity contribution in [3.63, 3.8) is 0 Å². The first kappa shape index (κ1) is 75.2. The zero-order chi connectivity index (χ0) is 56.4. The van der Waals surface area contributed by atoms with Crippen molar-refractivity contribution in [2.45, 2.75) is 341 Å². The van der Waals surface area contributed by atoms with Crippen LogP contribution in [0, 0.1) is 0 Å². The standard InChI is InChI=1S/C67H129N2O7P/c1-7-10-13-16-19-22-25-27-29-31-32-33-34-35-36-38-40-42-45-48-51-54-57-60-67(71)76-65(58-55-52-49-46-43-24-21-18-15-12-9-3)64(63-75-77(72,73)74-62-61-69(4,5)6)68-66(70)59-56-53-50-47-44-41-39-37-30-28-26-23-20-17-14-11-8-2/h19,22,27,29,55,58,64-65H,7-18,20-21,23-26,28,30-54,56-57,59-63H2,1-6H3,(H-,68,70,72,73)/p+1/b22-19-,29-27-,58-55+. The number of hydrogen-bond donors (Lipinski definition) is 2. The monoisotopic (exact) mass is 1110 g/mol. The van der Waals surface area contributed by atoms with Crippen LogP contribution in [0.2, 0.25) is 0 Å². The SMILES string of the molecule is CCCCC/C=C\C/C=C\CCCCCCCCCCCCCCCC(=O)OC(/C=C/CCCCCCCCCCC)C(COP(=O)(O)OCC[N+](C)(C)C)NC(=O)CCCCCCCCCCCCCCCCCCC. The number of quaternary nitrogens is 1. The summed E-state index contributed by atoms with van der Waals surface area (Å²) in [5, 5.41) is 3.07. The van der Waals surface area contributed by atoms with Crippen molar-refractivity contribution >= 4 is 19.7 Å². The van der Waals surface area contributed by atoms with E-state index in [0.29, 0.717) is 23.9 Å². The van der Waals surface area contributed by atoms with Crippen LogP contribution in [-0.2, 0) is 27.9 Å². The molecule has 0 rings (SSSR count). The molecule has 77 heavy (non-hydrogen) atoms. The van der Waals surface area contributed by atoms with Crippen LogP contribution < -0.4 is 5.32 Å². The quantitative estimate of drug-likeness (QED) is 0.0205. The summed E-state index contributed by atoms with van der Waals surface area (Å²) < 4.78 is 30.7. The number of esters is 1. The highest BCUT2D eigenvalue weighted by atomic mass is 31.2. The number of phosphoric acid groups is 1. The number of likely N-dealkylation sites (N-methyl/N-ethyl adjacent to an activating group) is 1. The van der Waals surface area contributed by atoms with Gasteiger partial charge in [-0.2, -0.15) is 0 Å². The molecule has 0 aromatic heterocycles. The van der Waals surface area contributed by atoms with Crippen LogP contribution in [0.1, 0.15) is 329 Å². The summed E-state index contributed by atoms with van der Waals surface area (Å²) in [5.74, 6) is -0.489. The van der Waals surface area contributed by atoms with Gasteiger partial charge in [0, 0.05) is 12.8 Å². The van der Waals surface area contributed by atoms with Crippen molar-refractivity contribution < 1.29 is 37.3 Å². The molecule has 0 aromatic rings. The second-order valence-electron chi connectivity index (χ2n) is 24.0. The number of nitrogens with zero attached hydrogens (tertiary/aromatic N) is 1. The number of allylic oxidation sites excluding steroid dienone is 5. The number of amides is 1. The molecule has 9 nitrogen and oxygen atoms in total. The average molecular weight is 1110 g/mol. The van der Waals surface area contributed by atoms with E-state index in [0.717, 1.165) is 64.2 Å². The number of ether oxygens (including phenoxy) is 1. The zero-order valence-corrected chi connectivity index (χ0v) is 52.9. The molecule has 3 atom stereocenters. The molecular weight excluding hydrogens is 976 g/mol. The van der Waals surface area contributed by atoms with Crippen LogP contribution >= 0.6 is 7.82 Å². The molecule has 0 fully saturated rings. The van der Waals surface area contributed by atoms with Gasteiger partial charge in [0.05, 0.1) is 33.8 Å². The van der Waals surface area contributed by atoms with E-state index in [4.69, 9.17) is 13.8 Å². The Morgan fingerprint density at radius 3 is 1.19 bits per heavy atom. The highest BCUT2D eigenvalue weighted by Crippen LogP contribution is 2.43. The lowest BCUT2D eigenvalue weighted by Crippen LogP contribution is -2.47. The number of carbonyl (C=O) groups is 2. The number of phosphoric ester groups is 1. The second kappa shape index (κ2) is 57.5. The molecule has 10 heteroatoms. The molecular formula is C67H130N2O7P+. The molecule has 0 bridgehead atoms. The van der Waals surface area contributed by atoms with Gasteiger partial charge >= 0.3 is 13.8 Å². The van der Waals surface area contributed by atoms with Crippen LogP contribution in [0.5, 0.6) is 0 Å². The zero-order valence-electron chi connectivity index (χ0n) is 52.0. The Labute approximate surface area is 478 Å². The highest BCUT2D eigenvalue weighted by Gasteiger charge is 2.30. The summed E-state index contributed by atoms with van der Waals surface area (Å²) in [6.45, 7) is 7.03. The van der Waals surface area contributed by atoms with Crippen molar-refractivity contribution in [3.8, 4) is 0 Å². The van der Waals surface area contributed by atoms with E-state index < -0.39 is 20.0 Å². The van der Waals surface area contributed by atoms with Crippen LogP contribution in [0.3, 0.4) is 0 Å². The molecule has 0 saturated carbocycles. The van der Waals surface area contributed by atoms with Gasteiger partial charge in [0.1, 0.15) is 19.3 Å². The number of carbonyl (C=O) groups excluding carboxylic acids is 2. The number of rotatable bonds is 61. The number of unbranched alkanes of at least 4 members (excludes halogenated alkanes) is 41. The first-order valence-corrected chi connectivity index (χ1v) is 34.8. The Bertz CT molecular complexity index is 1410. The molecule has 0 radical (unpaired) electrons. The predicted molar refractivity (Wildman–Crippen MR) is 332 cm³/mol. The Kier molecular flexibility index (Phi) is 56.1. The van der Waals surface area contributed by atoms with E-state index >= 15 is 0 Å². The summed E-state index contributed by atoms with van der Waals surface area (Å²) in [4.78, 5) is 37.8. The van der Waals surface area contributed by atoms with Crippen molar-refractivity contribution in [3.05, 3.63) is 36.5 Å². The topological polar surface area (TPSA) is 111 Å². The maximum Gasteiger partial charge on any atom is 0.472 e. The third-order valence-corrected chi connectivity index (χ3v) is 16.1. The summed E-state index contributed by atoms with van der Waals surface area (Å²) >= 11 is 0. The van der Waals surface area contributed by atoms with Crippen LogP contribution in [0.4, 0.5) is 0 Å². The molecule has 0 aliphatic rings. The Morgan fingerprint density at radius 2 is 0.792 bits per heavy atom. The molecule has 454 valence electrons. The smallest absolute Gasteiger partial charge is 0.456 e. The summed E-state index contributed by atoms with van der Waals surface area (Å²) in [5.41, 5.74) is 0. The molecule has 1 amide bonds. The van der Waals surface area contributed by atoms with Crippen molar-refractivity contribution in [2.24, 2.45) is 0 Å². The van der Waals surface area contributed by atoms with E-state index in [9.17, 15) is 19.0 Å².